The summed E-state index contributed by atoms with van der Waals surface area (Å²) in [4.78, 5) is 10.1. The average Bonchev–Trinajstić information content (AvgIpc) is 2.37. The Morgan fingerprint density at radius 3 is 2.74 bits per heavy atom. The maximum atomic E-state index is 5.86. The molecule has 2 aromatic rings. The monoisotopic (exact) mass is 337 g/mol. The van der Waals surface area contributed by atoms with Crippen molar-refractivity contribution >= 4 is 27.7 Å². The zero-order chi connectivity index (χ0) is 13.8. The predicted octanol–water partition coefficient (Wildman–Crippen LogP) is 3.86. The lowest BCUT2D eigenvalue weighted by Gasteiger charge is -2.09. The summed E-state index contributed by atoms with van der Waals surface area (Å²) in [5.74, 6) is 1.59. The van der Waals surface area contributed by atoms with E-state index in [1.54, 1.807) is 11.8 Å². The number of aryl methyl sites for hydroxylation is 1. The first-order chi connectivity index (χ1) is 9.08. The number of halogens is 1. The second-order valence-electron chi connectivity index (χ2n) is 4.33. The van der Waals surface area contributed by atoms with Crippen molar-refractivity contribution in [3.8, 4) is 0 Å². The molecule has 0 amide bonds. The first-order valence-corrected chi connectivity index (χ1v) is 7.81. The predicted molar refractivity (Wildman–Crippen MR) is 83.1 cm³/mol. The highest BCUT2D eigenvalue weighted by atomic mass is 79.9. The maximum absolute atomic E-state index is 5.86. The van der Waals surface area contributed by atoms with Crippen LogP contribution >= 0.6 is 27.7 Å². The third-order valence-electron chi connectivity index (χ3n) is 2.75. The zero-order valence-corrected chi connectivity index (χ0v) is 13.3. The van der Waals surface area contributed by atoms with Gasteiger partial charge in [0.25, 0.3) is 0 Å². The van der Waals surface area contributed by atoms with Crippen molar-refractivity contribution in [1.29, 1.82) is 0 Å². The van der Waals surface area contributed by atoms with Crippen LogP contribution in [-0.2, 0) is 5.75 Å². The van der Waals surface area contributed by atoms with Gasteiger partial charge in [0.15, 0.2) is 0 Å². The van der Waals surface area contributed by atoms with Gasteiger partial charge in [0.2, 0.25) is 0 Å². The number of hydrogen-bond acceptors (Lipinski definition) is 4. The van der Waals surface area contributed by atoms with Crippen LogP contribution in [0.4, 0.5) is 0 Å². The molecule has 2 N–H and O–H groups in total. The van der Waals surface area contributed by atoms with E-state index in [1.165, 1.54) is 4.90 Å². The van der Waals surface area contributed by atoms with Crippen molar-refractivity contribution < 1.29 is 0 Å². The highest BCUT2D eigenvalue weighted by Gasteiger charge is 2.08. The van der Waals surface area contributed by atoms with Gasteiger partial charge in [0.05, 0.1) is 5.75 Å². The van der Waals surface area contributed by atoms with Gasteiger partial charge in [-0.15, -0.1) is 11.8 Å². The van der Waals surface area contributed by atoms with Gasteiger partial charge < -0.3 is 5.73 Å². The Morgan fingerprint density at radius 2 is 2.11 bits per heavy atom. The van der Waals surface area contributed by atoms with E-state index in [0.29, 0.717) is 0 Å². The van der Waals surface area contributed by atoms with E-state index in [1.807, 2.05) is 38.2 Å². The highest BCUT2D eigenvalue weighted by Crippen LogP contribution is 2.29. The van der Waals surface area contributed by atoms with Gasteiger partial charge in [0, 0.05) is 32.9 Å². The van der Waals surface area contributed by atoms with Crippen LogP contribution in [-0.4, -0.2) is 9.97 Å². The first kappa shape index (κ1) is 14.5. The van der Waals surface area contributed by atoms with E-state index >= 15 is 0 Å². The van der Waals surface area contributed by atoms with Gasteiger partial charge in [-0.1, -0.05) is 12.1 Å². The van der Waals surface area contributed by atoms with Crippen LogP contribution in [0.5, 0.6) is 0 Å². The number of benzene rings is 1. The number of rotatable bonds is 4. The lowest BCUT2D eigenvalue weighted by atomic mass is 10.1. The zero-order valence-electron chi connectivity index (χ0n) is 10.9. The minimum Gasteiger partial charge on any atom is -0.324 e. The van der Waals surface area contributed by atoms with E-state index in [2.05, 4.69) is 32.0 Å². The average molecular weight is 338 g/mol. The summed E-state index contributed by atoms with van der Waals surface area (Å²) in [5, 5.41) is 0. The van der Waals surface area contributed by atoms with Crippen molar-refractivity contribution in [2.45, 2.75) is 30.5 Å². The van der Waals surface area contributed by atoms with E-state index in [-0.39, 0.29) is 6.04 Å². The largest absolute Gasteiger partial charge is 0.324 e. The summed E-state index contributed by atoms with van der Waals surface area (Å²) in [5.41, 5.74) is 7.83. The molecule has 0 aliphatic carbocycles. The molecule has 19 heavy (non-hydrogen) atoms. The Morgan fingerprint density at radius 1 is 1.37 bits per heavy atom. The Labute approximate surface area is 126 Å². The quantitative estimate of drug-likeness (QED) is 0.860. The smallest absolute Gasteiger partial charge is 0.138 e. The summed E-state index contributed by atoms with van der Waals surface area (Å²) < 4.78 is 1.10. The number of thioether (sulfide) groups is 1. The molecule has 0 bridgehead atoms. The van der Waals surface area contributed by atoms with Gasteiger partial charge in [-0.2, -0.15) is 0 Å². The minimum absolute atomic E-state index is 0.0232. The van der Waals surface area contributed by atoms with Gasteiger partial charge >= 0.3 is 0 Å². The van der Waals surface area contributed by atoms with E-state index in [9.17, 15) is 0 Å². The van der Waals surface area contributed by atoms with Crippen molar-refractivity contribution in [3.63, 3.8) is 0 Å². The molecule has 0 aliphatic heterocycles. The van der Waals surface area contributed by atoms with Crippen LogP contribution in [0.25, 0.3) is 0 Å². The molecule has 3 nitrogen and oxygen atoms in total. The molecule has 5 heteroatoms. The molecular weight excluding hydrogens is 322 g/mol. The van der Waals surface area contributed by atoms with Gasteiger partial charge in [-0.05, 0) is 41.9 Å². The first-order valence-electron chi connectivity index (χ1n) is 6.03. The fourth-order valence-electron chi connectivity index (χ4n) is 1.75. The fourth-order valence-corrected chi connectivity index (χ4v) is 3.18. The molecule has 1 aromatic heterocycles. The molecule has 1 atom stereocenters. The van der Waals surface area contributed by atoms with Gasteiger partial charge in [-0.3, -0.25) is 0 Å². The second kappa shape index (κ2) is 6.50. The summed E-state index contributed by atoms with van der Waals surface area (Å²) in [6.45, 7) is 3.92. The summed E-state index contributed by atoms with van der Waals surface area (Å²) in [6, 6.07) is 8.13. The minimum atomic E-state index is -0.0232. The molecule has 0 saturated heterocycles. The third kappa shape index (κ3) is 3.78. The van der Waals surface area contributed by atoms with Crippen LogP contribution in [0, 0.1) is 6.92 Å². The van der Waals surface area contributed by atoms with Crippen molar-refractivity contribution in [3.05, 3.63) is 52.0 Å². The molecule has 0 saturated carbocycles. The molecule has 0 radical (unpaired) electrons. The number of nitrogens with zero attached hydrogens (tertiary/aromatic N) is 2. The molecule has 1 heterocycles. The van der Waals surface area contributed by atoms with Crippen LogP contribution in [0.1, 0.15) is 30.0 Å². The van der Waals surface area contributed by atoms with E-state index in [4.69, 9.17) is 5.73 Å². The van der Waals surface area contributed by atoms with E-state index < -0.39 is 0 Å². The standard InChI is InChI=1S/C14H16BrN3S/c1-9(16)11-7-17-14(18-10(11)2)8-19-13-6-4-3-5-12(13)15/h3-7,9H,8,16H2,1-2H3. The summed E-state index contributed by atoms with van der Waals surface area (Å²) >= 11 is 5.26. The van der Waals surface area contributed by atoms with Gasteiger partial charge in [0.1, 0.15) is 5.82 Å². The van der Waals surface area contributed by atoms with Crippen molar-refractivity contribution in [2.75, 3.05) is 0 Å². The van der Waals surface area contributed by atoms with Crippen LogP contribution in [0.3, 0.4) is 0 Å². The van der Waals surface area contributed by atoms with Crippen LogP contribution in [0.15, 0.2) is 39.8 Å². The lowest BCUT2D eigenvalue weighted by molar-refractivity contribution is 0.781. The fraction of sp³-hybridized carbons (Fsp3) is 0.286. The Hall–Kier alpha value is -0.910. The Bertz CT molecular complexity index is 572. The maximum Gasteiger partial charge on any atom is 0.138 e. The summed E-state index contributed by atoms with van der Waals surface area (Å²) in [7, 11) is 0. The second-order valence-corrected chi connectivity index (χ2v) is 6.21. The molecule has 1 unspecified atom stereocenters. The van der Waals surface area contributed by atoms with E-state index in [0.717, 1.165) is 27.3 Å². The number of nitrogens with two attached hydrogens (primary N) is 1. The molecular formula is C14H16BrN3S. The van der Waals surface area contributed by atoms with Crippen molar-refractivity contribution in [1.82, 2.24) is 9.97 Å². The third-order valence-corrected chi connectivity index (χ3v) is 4.77. The summed E-state index contributed by atoms with van der Waals surface area (Å²) in [6.07, 6.45) is 1.84. The number of aromatic nitrogens is 2. The van der Waals surface area contributed by atoms with Gasteiger partial charge in [-0.25, -0.2) is 9.97 Å². The Balaban J connectivity index is 2.08. The van der Waals surface area contributed by atoms with Crippen molar-refractivity contribution in [2.24, 2.45) is 5.73 Å². The SMILES string of the molecule is Cc1nc(CSc2ccccc2Br)ncc1C(C)N. The normalized spacial score (nSPS) is 12.4. The van der Waals surface area contributed by atoms with Crippen LogP contribution < -0.4 is 5.73 Å². The van der Waals surface area contributed by atoms with Crippen LogP contribution in [0.2, 0.25) is 0 Å². The topological polar surface area (TPSA) is 51.8 Å². The molecule has 1 aromatic carbocycles. The molecule has 0 spiro atoms. The lowest BCUT2D eigenvalue weighted by Crippen LogP contribution is -2.10. The molecule has 100 valence electrons. The highest BCUT2D eigenvalue weighted by molar-refractivity contribution is 9.10. The molecule has 2 rings (SSSR count). The number of hydrogen-bond donors (Lipinski definition) is 1. The Kier molecular flexibility index (Phi) is 4.96. The molecule has 0 fully saturated rings. The molecule has 0 aliphatic rings.